The Labute approximate surface area is 136 Å². The fraction of sp³-hybridized carbons (Fsp3) is 0.267. The molecule has 0 atom stereocenters. The Kier molecular flexibility index (Phi) is 4.96. The first kappa shape index (κ1) is 17.4. The van der Waals surface area contributed by atoms with Crippen molar-refractivity contribution in [2.75, 3.05) is 5.32 Å². The molecule has 7 heteroatoms. The average molecular weight is 435 g/mol. The van der Waals surface area contributed by atoms with Crippen LogP contribution in [0, 0.1) is 0 Å². The van der Waals surface area contributed by atoms with Crippen LogP contribution in [-0.4, -0.2) is 23.4 Å². The fourth-order valence-corrected chi connectivity index (χ4v) is 6.22. The Balaban J connectivity index is 2.53. The summed E-state index contributed by atoms with van der Waals surface area (Å²) in [5.41, 5.74) is -0.353. The van der Waals surface area contributed by atoms with Gasteiger partial charge in [-0.1, -0.05) is 0 Å². The molecule has 118 valence electrons. The van der Waals surface area contributed by atoms with Gasteiger partial charge in [-0.2, -0.15) is 0 Å². The zero-order valence-corrected chi connectivity index (χ0v) is 16.0. The number of halogens is 4. The van der Waals surface area contributed by atoms with E-state index in [-0.39, 0.29) is 5.82 Å². The van der Waals surface area contributed by atoms with E-state index in [0.717, 1.165) is 9.65 Å². The van der Waals surface area contributed by atoms with E-state index in [4.69, 9.17) is 11.6 Å². The van der Waals surface area contributed by atoms with Gasteiger partial charge in [0.2, 0.25) is 0 Å². The van der Waals surface area contributed by atoms with Crippen molar-refractivity contribution in [2.45, 2.75) is 21.0 Å². The molecule has 0 spiro atoms. The third-order valence-corrected chi connectivity index (χ3v) is 9.21. The van der Waals surface area contributed by atoms with E-state index >= 15 is 0 Å². The Morgan fingerprint density at radius 2 is 1.68 bits per heavy atom. The van der Waals surface area contributed by atoms with Crippen LogP contribution in [0.25, 0.3) is 0 Å². The molecule has 0 aliphatic rings. The number of rotatable bonds is 3. The van der Waals surface area contributed by atoms with Crippen LogP contribution in [0.1, 0.15) is 5.69 Å². The standard InChI is InChI=1S/C12H7ClF3N2.3CH3.Sn/c13-8-4-1-2-5-9(8)17-11-7-3-6-10(18-11)12(14,15)16;;;;/h1-6H,(H,17,18);3*1H3;. The van der Waals surface area contributed by atoms with Crippen molar-refractivity contribution >= 4 is 45.1 Å². The molecule has 1 aromatic carbocycles. The van der Waals surface area contributed by atoms with Crippen LogP contribution < -0.4 is 8.90 Å². The van der Waals surface area contributed by atoms with E-state index in [0.29, 0.717) is 10.7 Å². The molecule has 2 rings (SSSR count). The van der Waals surface area contributed by atoms with E-state index in [2.05, 4.69) is 25.1 Å². The first-order valence-electron chi connectivity index (χ1n) is 6.69. The molecule has 1 aromatic heterocycles. The summed E-state index contributed by atoms with van der Waals surface area (Å²) in [5.74, 6) is 0.256. The summed E-state index contributed by atoms with van der Waals surface area (Å²) < 4.78 is 39.6. The number of anilines is 2. The van der Waals surface area contributed by atoms with Gasteiger partial charge in [-0.05, 0) is 0 Å². The monoisotopic (exact) mass is 436 g/mol. The van der Waals surface area contributed by atoms with Gasteiger partial charge >= 0.3 is 137 Å². The van der Waals surface area contributed by atoms with Crippen LogP contribution in [-0.2, 0) is 6.18 Å². The third kappa shape index (κ3) is 4.07. The van der Waals surface area contributed by atoms with Gasteiger partial charge in [0.1, 0.15) is 0 Å². The summed E-state index contributed by atoms with van der Waals surface area (Å²) in [7, 11) is 0. The molecule has 0 saturated carbocycles. The van der Waals surface area contributed by atoms with E-state index in [1.807, 2.05) is 0 Å². The Morgan fingerprint density at radius 3 is 2.23 bits per heavy atom. The topological polar surface area (TPSA) is 24.9 Å². The molecule has 1 N–H and O–H groups in total. The molecule has 22 heavy (non-hydrogen) atoms. The van der Waals surface area contributed by atoms with Crippen LogP contribution in [0.5, 0.6) is 0 Å². The predicted molar refractivity (Wildman–Crippen MR) is 87.0 cm³/mol. The average Bonchev–Trinajstić information content (AvgIpc) is 2.39. The maximum atomic E-state index is 12.9. The van der Waals surface area contributed by atoms with Crippen molar-refractivity contribution in [3.8, 4) is 0 Å². The molecular weight excluding hydrogens is 419 g/mol. The number of nitrogens with zero attached hydrogens (tertiary/aromatic N) is 1. The molecule has 2 nitrogen and oxygen atoms in total. The second-order valence-corrected chi connectivity index (χ2v) is 20.7. The third-order valence-electron chi connectivity index (χ3n) is 3.12. The number of hydrogen-bond acceptors (Lipinski definition) is 2. The van der Waals surface area contributed by atoms with Gasteiger partial charge in [-0.3, -0.25) is 0 Å². The minimum absolute atomic E-state index is 0.256. The molecule has 0 unspecified atom stereocenters. The van der Waals surface area contributed by atoms with Crippen molar-refractivity contribution in [2.24, 2.45) is 0 Å². The van der Waals surface area contributed by atoms with Crippen LogP contribution in [0.3, 0.4) is 0 Å². The van der Waals surface area contributed by atoms with E-state index < -0.39 is 30.2 Å². The first-order valence-corrected chi connectivity index (χ1v) is 17.1. The van der Waals surface area contributed by atoms with Crippen LogP contribution in [0.4, 0.5) is 24.7 Å². The number of pyridine rings is 1. The van der Waals surface area contributed by atoms with Gasteiger partial charge in [0.15, 0.2) is 0 Å². The molecule has 0 fully saturated rings. The predicted octanol–water partition coefficient (Wildman–Crippen LogP) is 5.04. The Morgan fingerprint density at radius 1 is 1.05 bits per heavy atom. The van der Waals surface area contributed by atoms with Crippen molar-refractivity contribution in [1.82, 2.24) is 4.98 Å². The quantitative estimate of drug-likeness (QED) is 0.683. The summed E-state index contributed by atoms with van der Waals surface area (Å²) in [4.78, 5) is 10.2. The van der Waals surface area contributed by atoms with Crippen molar-refractivity contribution in [3.63, 3.8) is 0 Å². The van der Waals surface area contributed by atoms with E-state index in [9.17, 15) is 13.2 Å². The van der Waals surface area contributed by atoms with Crippen molar-refractivity contribution in [1.29, 1.82) is 0 Å². The SMILES string of the molecule is [CH3][Sn]([CH3])([CH3])[c]1ccc(C(F)(F)F)nc1Nc1ccccc1Cl. The van der Waals surface area contributed by atoms with Crippen LogP contribution in [0.2, 0.25) is 19.8 Å². The van der Waals surface area contributed by atoms with Gasteiger partial charge in [0.25, 0.3) is 0 Å². The molecule has 0 saturated heterocycles. The molecule has 0 bridgehead atoms. The van der Waals surface area contributed by atoms with E-state index in [1.165, 1.54) is 0 Å². The number of nitrogens with one attached hydrogen (secondary N) is 1. The second kappa shape index (κ2) is 6.28. The molecule has 0 radical (unpaired) electrons. The molecule has 0 amide bonds. The number of alkyl halides is 3. The number of hydrogen-bond donors (Lipinski definition) is 1. The zero-order valence-electron chi connectivity index (χ0n) is 12.4. The minimum atomic E-state index is -4.47. The summed E-state index contributed by atoms with van der Waals surface area (Å²) in [6, 6.07) is 9.52. The van der Waals surface area contributed by atoms with Crippen molar-refractivity contribution in [3.05, 3.63) is 47.1 Å². The Bertz CT molecular complexity index is 681. The van der Waals surface area contributed by atoms with Crippen LogP contribution in [0.15, 0.2) is 36.4 Å². The number of benzene rings is 1. The maximum absolute atomic E-state index is 12.9. The molecule has 1 heterocycles. The van der Waals surface area contributed by atoms with Gasteiger partial charge in [0.05, 0.1) is 0 Å². The zero-order chi connectivity index (χ0) is 16.5. The van der Waals surface area contributed by atoms with Crippen molar-refractivity contribution < 1.29 is 13.2 Å². The molecule has 0 aliphatic carbocycles. The molecule has 2 aromatic rings. The summed E-state index contributed by atoms with van der Waals surface area (Å²) in [6.07, 6.45) is -4.47. The summed E-state index contributed by atoms with van der Waals surface area (Å²) in [6.45, 7) is 0. The number of aromatic nitrogens is 1. The molecule has 0 aliphatic heterocycles. The summed E-state index contributed by atoms with van der Waals surface area (Å²) in [5, 5.41) is 3.41. The van der Waals surface area contributed by atoms with Gasteiger partial charge < -0.3 is 0 Å². The summed E-state index contributed by atoms with van der Waals surface area (Å²) >= 11 is 3.44. The second-order valence-electron chi connectivity index (χ2n) is 5.95. The fourth-order valence-electron chi connectivity index (χ4n) is 2.01. The van der Waals surface area contributed by atoms with Gasteiger partial charge in [0, 0.05) is 0 Å². The normalized spacial score (nSPS) is 12.3. The van der Waals surface area contributed by atoms with Gasteiger partial charge in [-0.15, -0.1) is 0 Å². The Hall–Kier alpha value is -0.951. The van der Waals surface area contributed by atoms with Gasteiger partial charge in [-0.25, -0.2) is 0 Å². The molecular formula is C15H16ClF3N2Sn. The van der Waals surface area contributed by atoms with Crippen LogP contribution >= 0.6 is 11.6 Å². The number of para-hydroxylation sites is 1. The first-order chi connectivity index (χ1) is 10.1. The van der Waals surface area contributed by atoms with E-state index in [1.54, 1.807) is 30.3 Å².